The Morgan fingerprint density at radius 2 is 1.93 bits per heavy atom. The zero-order valence-electron chi connectivity index (χ0n) is 16.8. The molecule has 0 spiro atoms. The molecule has 4 heterocycles. The van der Waals surface area contributed by atoms with E-state index in [4.69, 9.17) is 19.3 Å². The molecule has 9 nitrogen and oxygen atoms in total. The summed E-state index contributed by atoms with van der Waals surface area (Å²) in [7, 11) is 1.56. The summed E-state index contributed by atoms with van der Waals surface area (Å²) in [4.78, 5) is 4.35. The molecule has 1 N–H and O–H groups in total. The Balaban J connectivity index is 1.35. The summed E-state index contributed by atoms with van der Waals surface area (Å²) >= 11 is 0. The second-order valence-corrected chi connectivity index (χ2v) is 7.54. The minimum atomic E-state index is 0.364. The smallest absolute Gasteiger partial charge is 0.233 e. The van der Waals surface area contributed by atoms with Crippen LogP contribution in [-0.2, 0) is 4.74 Å². The quantitative estimate of drug-likeness (QED) is 0.630. The van der Waals surface area contributed by atoms with Crippen molar-refractivity contribution in [2.24, 2.45) is 0 Å². The molecule has 2 fully saturated rings. The third-order valence-corrected chi connectivity index (χ3v) is 5.32. The molecule has 1 saturated carbocycles. The van der Waals surface area contributed by atoms with E-state index < -0.39 is 0 Å². The van der Waals surface area contributed by atoms with Crippen molar-refractivity contribution in [1.82, 2.24) is 25.0 Å². The van der Waals surface area contributed by atoms with Crippen molar-refractivity contribution >= 4 is 11.6 Å². The van der Waals surface area contributed by atoms with E-state index in [9.17, 15) is 0 Å². The number of hydrogen-bond acceptors (Lipinski definition) is 8. The zero-order chi connectivity index (χ0) is 20.3. The van der Waals surface area contributed by atoms with Gasteiger partial charge in [0.05, 0.1) is 19.3 Å². The Morgan fingerprint density at radius 1 is 1.07 bits per heavy atom. The topological polar surface area (TPSA) is 96.2 Å². The highest BCUT2D eigenvalue weighted by Crippen LogP contribution is 2.40. The third-order valence-electron chi connectivity index (χ3n) is 5.32. The number of pyridine rings is 1. The Bertz CT molecular complexity index is 996. The Hall–Kier alpha value is -3.20. The van der Waals surface area contributed by atoms with Gasteiger partial charge in [0.15, 0.2) is 11.6 Å². The van der Waals surface area contributed by atoms with Crippen LogP contribution < -0.4 is 14.8 Å². The monoisotopic (exact) mass is 408 g/mol. The molecular weight excluding hydrogens is 384 g/mol. The molecule has 0 aromatic carbocycles. The molecule has 0 atom stereocenters. The van der Waals surface area contributed by atoms with E-state index in [1.807, 2.05) is 18.3 Å². The van der Waals surface area contributed by atoms with Crippen molar-refractivity contribution in [3.8, 4) is 17.4 Å². The fourth-order valence-corrected chi connectivity index (χ4v) is 3.54. The van der Waals surface area contributed by atoms with Crippen molar-refractivity contribution in [3.63, 3.8) is 0 Å². The van der Waals surface area contributed by atoms with Gasteiger partial charge in [-0.1, -0.05) is 0 Å². The lowest BCUT2D eigenvalue weighted by atomic mass is 9.96. The first kappa shape index (κ1) is 18.8. The van der Waals surface area contributed by atoms with Gasteiger partial charge in [0.1, 0.15) is 17.3 Å². The molecule has 30 heavy (non-hydrogen) atoms. The van der Waals surface area contributed by atoms with Crippen molar-refractivity contribution in [3.05, 3.63) is 42.4 Å². The van der Waals surface area contributed by atoms with Crippen LogP contribution in [0.3, 0.4) is 0 Å². The van der Waals surface area contributed by atoms with Gasteiger partial charge >= 0.3 is 0 Å². The molecule has 1 saturated heterocycles. The molecule has 0 amide bonds. The van der Waals surface area contributed by atoms with E-state index in [1.165, 1.54) is 12.8 Å². The molecule has 1 aliphatic carbocycles. The number of anilines is 2. The van der Waals surface area contributed by atoms with Gasteiger partial charge in [0.25, 0.3) is 0 Å². The number of aromatic nitrogens is 5. The van der Waals surface area contributed by atoms with Crippen LogP contribution in [0.5, 0.6) is 17.4 Å². The lowest BCUT2D eigenvalue weighted by Gasteiger charge is -2.21. The average Bonchev–Trinajstić information content (AvgIpc) is 3.56. The van der Waals surface area contributed by atoms with Gasteiger partial charge in [-0.2, -0.15) is 5.10 Å². The van der Waals surface area contributed by atoms with Crippen LogP contribution >= 0.6 is 0 Å². The van der Waals surface area contributed by atoms with Gasteiger partial charge in [-0.3, -0.25) is 4.68 Å². The molecule has 1 aliphatic heterocycles. The van der Waals surface area contributed by atoms with Gasteiger partial charge in [-0.15, -0.1) is 10.2 Å². The highest BCUT2D eigenvalue weighted by Gasteiger charge is 2.29. The molecule has 2 aliphatic rings. The average molecular weight is 408 g/mol. The fourth-order valence-electron chi connectivity index (χ4n) is 3.54. The number of nitrogens with zero attached hydrogens (tertiary/aromatic N) is 5. The van der Waals surface area contributed by atoms with E-state index in [-0.39, 0.29) is 0 Å². The number of methoxy groups -OCH3 is 1. The van der Waals surface area contributed by atoms with Crippen LogP contribution in [0.15, 0.2) is 36.7 Å². The highest BCUT2D eigenvalue weighted by molar-refractivity contribution is 5.53. The fraction of sp³-hybridized carbons (Fsp3) is 0.429. The van der Waals surface area contributed by atoms with E-state index in [1.54, 1.807) is 25.4 Å². The molecule has 5 rings (SSSR count). The van der Waals surface area contributed by atoms with Crippen LogP contribution in [0.1, 0.15) is 43.3 Å². The number of hydrogen-bond donors (Lipinski definition) is 1. The lowest BCUT2D eigenvalue weighted by Crippen LogP contribution is -2.15. The summed E-state index contributed by atoms with van der Waals surface area (Å²) in [6, 6.07) is 7.71. The van der Waals surface area contributed by atoms with E-state index in [0.717, 1.165) is 37.5 Å². The van der Waals surface area contributed by atoms with Gasteiger partial charge in [0.2, 0.25) is 5.88 Å². The van der Waals surface area contributed by atoms with E-state index in [2.05, 4.69) is 25.2 Å². The van der Waals surface area contributed by atoms with Crippen LogP contribution in [0.2, 0.25) is 0 Å². The van der Waals surface area contributed by atoms with Crippen LogP contribution in [0, 0.1) is 0 Å². The third kappa shape index (κ3) is 4.20. The standard InChI is InChI=1S/C21H24N6O3/c1-28-20-5-4-18(24-25-20)23-19-12-16(6-9-22-19)30-17-13-27(15-2-3-15)26-21(17)14-7-10-29-11-8-14/h4-6,9,12-15H,2-3,7-8,10-11H2,1H3,(H,22,23,24). The van der Waals surface area contributed by atoms with Gasteiger partial charge in [-0.05, 0) is 37.8 Å². The first-order chi connectivity index (χ1) is 14.8. The summed E-state index contributed by atoms with van der Waals surface area (Å²) in [6.45, 7) is 1.54. The van der Waals surface area contributed by atoms with Crippen molar-refractivity contribution in [1.29, 1.82) is 0 Å². The van der Waals surface area contributed by atoms with Crippen molar-refractivity contribution < 1.29 is 14.2 Å². The molecule has 156 valence electrons. The predicted molar refractivity (Wildman–Crippen MR) is 109 cm³/mol. The largest absolute Gasteiger partial charge is 0.480 e. The summed E-state index contributed by atoms with van der Waals surface area (Å²) in [5.41, 5.74) is 1.03. The molecule has 3 aromatic heterocycles. The van der Waals surface area contributed by atoms with E-state index >= 15 is 0 Å². The van der Waals surface area contributed by atoms with Crippen LogP contribution in [0.4, 0.5) is 11.6 Å². The summed E-state index contributed by atoms with van der Waals surface area (Å²) < 4.78 is 18.9. The molecule has 3 aromatic rings. The summed E-state index contributed by atoms with van der Waals surface area (Å²) in [6.07, 6.45) is 8.04. The molecule has 9 heteroatoms. The van der Waals surface area contributed by atoms with Crippen LogP contribution in [-0.4, -0.2) is 45.3 Å². The van der Waals surface area contributed by atoms with Gasteiger partial charge < -0.3 is 19.5 Å². The minimum absolute atomic E-state index is 0.364. The normalized spacial score (nSPS) is 17.0. The lowest BCUT2D eigenvalue weighted by molar-refractivity contribution is 0.0839. The first-order valence-corrected chi connectivity index (χ1v) is 10.2. The molecule has 0 bridgehead atoms. The SMILES string of the molecule is COc1ccc(Nc2cc(Oc3cn(C4CC4)nc3C3CCOCC3)ccn2)nn1. The number of rotatable bonds is 7. The zero-order valence-corrected chi connectivity index (χ0v) is 16.8. The highest BCUT2D eigenvalue weighted by atomic mass is 16.5. The van der Waals surface area contributed by atoms with Gasteiger partial charge in [-0.25, -0.2) is 4.98 Å². The first-order valence-electron chi connectivity index (χ1n) is 10.2. The number of ether oxygens (including phenoxy) is 3. The molecule has 0 radical (unpaired) electrons. The molecular formula is C21H24N6O3. The maximum Gasteiger partial charge on any atom is 0.233 e. The summed E-state index contributed by atoms with van der Waals surface area (Å²) in [5, 5.41) is 16.0. The van der Waals surface area contributed by atoms with Crippen molar-refractivity contribution in [2.45, 2.75) is 37.6 Å². The Morgan fingerprint density at radius 3 is 2.67 bits per heavy atom. The second-order valence-electron chi connectivity index (χ2n) is 7.54. The second kappa shape index (κ2) is 8.27. The van der Waals surface area contributed by atoms with Crippen molar-refractivity contribution in [2.75, 3.05) is 25.6 Å². The maximum atomic E-state index is 6.28. The van der Waals surface area contributed by atoms with Gasteiger partial charge in [0, 0.05) is 37.5 Å². The van der Waals surface area contributed by atoms with Crippen LogP contribution in [0.25, 0.3) is 0 Å². The maximum absolute atomic E-state index is 6.28. The number of nitrogens with one attached hydrogen (secondary N) is 1. The molecule has 0 unspecified atom stereocenters. The predicted octanol–water partition coefficient (Wildman–Crippen LogP) is 3.84. The Kier molecular flexibility index (Phi) is 5.18. The van der Waals surface area contributed by atoms with E-state index in [0.29, 0.717) is 35.2 Å². The summed E-state index contributed by atoms with van der Waals surface area (Å²) in [5.74, 6) is 3.52. The Labute approximate surface area is 174 Å². The minimum Gasteiger partial charge on any atom is -0.480 e.